The van der Waals surface area contributed by atoms with Crippen molar-refractivity contribution in [2.24, 2.45) is 0 Å². The van der Waals surface area contributed by atoms with E-state index in [1.807, 2.05) is 0 Å². The molecule has 0 spiro atoms. The minimum absolute atomic E-state index is 0.218. The van der Waals surface area contributed by atoms with Gasteiger partial charge in [-0.25, -0.2) is 17.2 Å². The molecule has 2 aromatic carbocycles. The fourth-order valence-corrected chi connectivity index (χ4v) is 2.61. The number of carbonyl (C=O) groups is 1. The first-order chi connectivity index (χ1) is 12.7. The van der Waals surface area contributed by atoms with Crippen LogP contribution in [0.15, 0.2) is 42.5 Å². The van der Waals surface area contributed by atoms with E-state index >= 15 is 0 Å². The molecule has 146 valence electrons. The molecule has 2 rings (SSSR count). The molecule has 3 N–H and O–H groups in total. The maximum Gasteiger partial charge on any atom is 0.258 e. The molecule has 0 fully saturated rings. The largest absolute Gasteiger partial charge is 0.484 e. The highest BCUT2D eigenvalue weighted by molar-refractivity contribution is 7.92. The Kier molecular flexibility index (Phi) is 6.94. The van der Waals surface area contributed by atoms with Crippen LogP contribution in [0.1, 0.15) is 0 Å². The molecule has 2 aromatic rings. The topological polar surface area (TPSA) is 96.5 Å². The molecule has 0 unspecified atom stereocenters. The van der Waals surface area contributed by atoms with Crippen LogP contribution in [0, 0.1) is 11.6 Å². The lowest BCUT2D eigenvalue weighted by atomic mass is 10.3. The number of hydrogen-bond donors (Lipinski definition) is 3. The Hall–Kier alpha value is -2.88. The first-order valence-corrected chi connectivity index (χ1v) is 9.78. The molecule has 0 aliphatic heterocycles. The summed E-state index contributed by atoms with van der Waals surface area (Å²) in [6, 6.07) is 9.53. The summed E-state index contributed by atoms with van der Waals surface area (Å²) < 4.78 is 55.7. The van der Waals surface area contributed by atoms with E-state index in [9.17, 15) is 22.0 Å². The Morgan fingerprint density at radius 1 is 1.00 bits per heavy atom. The van der Waals surface area contributed by atoms with Crippen LogP contribution in [0.2, 0.25) is 0 Å². The van der Waals surface area contributed by atoms with Crippen molar-refractivity contribution in [2.75, 3.05) is 36.0 Å². The van der Waals surface area contributed by atoms with Gasteiger partial charge < -0.3 is 15.4 Å². The van der Waals surface area contributed by atoms with Crippen LogP contribution in [0.3, 0.4) is 0 Å². The van der Waals surface area contributed by atoms with Crippen molar-refractivity contribution in [3.8, 4) is 5.75 Å². The van der Waals surface area contributed by atoms with E-state index in [1.54, 1.807) is 0 Å². The number of rotatable bonds is 9. The normalized spacial score (nSPS) is 10.9. The number of amides is 1. The summed E-state index contributed by atoms with van der Waals surface area (Å²) >= 11 is 0. The predicted molar refractivity (Wildman–Crippen MR) is 98.3 cm³/mol. The van der Waals surface area contributed by atoms with E-state index in [0.717, 1.165) is 18.4 Å². The van der Waals surface area contributed by atoms with Crippen LogP contribution in [0.4, 0.5) is 20.2 Å². The highest BCUT2D eigenvalue weighted by atomic mass is 32.2. The van der Waals surface area contributed by atoms with Gasteiger partial charge in [0.2, 0.25) is 10.0 Å². The van der Waals surface area contributed by atoms with Crippen molar-refractivity contribution in [2.45, 2.75) is 0 Å². The van der Waals surface area contributed by atoms with Crippen molar-refractivity contribution in [3.63, 3.8) is 0 Å². The smallest absolute Gasteiger partial charge is 0.258 e. The molecule has 10 heteroatoms. The summed E-state index contributed by atoms with van der Waals surface area (Å²) in [6.45, 7) is 0.366. The third-order valence-corrected chi connectivity index (χ3v) is 3.83. The molecular formula is C17H19F2N3O4S. The van der Waals surface area contributed by atoms with E-state index in [-0.39, 0.29) is 19.1 Å². The van der Waals surface area contributed by atoms with Gasteiger partial charge in [0, 0.05) is 24.5 Å². The number of hydrogen-bond acceptors (Lipinski definition) is 5. The fourth-order valence-electron chi connectivity index (χ4n) is 2.05. The van der Waals surface area contributed by atoms with Crippen molar-refractivity contribution < 1.29 is 26.7 Å². The van der Waals surface area contributed by atoms with Gasteiger partial charge in [-0.05, 0) is 42.5 Å². The second-order valence-corrected chi connectivity index (χ2v) is 7.34. The van der Waals surface area contributed by atoms with Crippen molar-refractivity contribution in [1.29, 1.82) is 0 Å². The first-order valence-electron chi connectivity index (χ1n) is 7.89. The second kappa shape index (κ2) is 9.17. The third-order valence-electron chi connectivity index (χ3n) is 3.22. The Bertz CT molecular complexity index is 890. The van der Waals surface area contributed by atoms with Crippen molar-refractivity contribution in [3.05, 3.63) is 54.1 Å². The first kappa shape index (κ1) is 20.4. The zero-order valence-corrected chi connectivity index (χ0v) is 15.3. The number of benzene rings is 2. The van der Waals surface area contributed by atoms with Gasteiger partial charge in [0.1, 0.15) is 5.75 Å². The molecule has 0 bridgehead atoms. The lowest BCUT2D eigenvalue weighted by Gasteiger charge is -2.10. The molecule has 7 nitrogen and oxygen atoms in total. The highest BCUT2D eigenvalue weighted by Gasteiger charge is 2.05. The average Bonchev–Trinajstić information content (AvgIpc) is 2.60. The van der Waals surface area contributed by atoms with Gasteiger partial charge in [-0.15, -0.1) is 0 Å². The van der Waals surface area contributed by atoms with Gasteiger partial charge in [0.15, 0.2) is 18.2 Å². The van der Waals surface area contributed by atoms with Crippen LogP contribution in [-0.2, 0) is 14.8 Å². The van der Waals surface area contributed by atoms with Crippen molar-refractivity contribution in [1.82, 2.24) is 5.32 Å². The number of nitrogens with one attached hydrogen (secondary N) is 3. The highest BCUT2D eigenvalue weighted by Crippen LogP contribution is 2.16. The Morgan fingerprint density at radius 2 is 1.67 bits per heavy atom. The lowest BCUT2D eigenvalue weighted by Crippen LogP contribution is -2.32. The van der Waals surface area contributed by atoms with Gasteiger partial charge in [-0.1, -0.05) is 0 Å². The quantitative estimate of drug-likeness (QED) is 0.560. The number of anilines is 2. The zero-order chi connectivity index (χ0) is 19.9. The van der Waals surface area contributed by atoms with Gasteiger partial charge in [-0.2, -0.15) is 0 Å². The van der Waals surface area contributed by atoms with Gasteiger partial charge in [0.05, 0.1) is 6.26 Å². The zero-order valence-electron chi connectivity index (χ0n) is 14.5. The van der Waals surface area contributed by atoms with Crippen LogP contribution < -0.4 is 20.1 Å². The van der Waals surface area contributed by atoms with Crippen LogP contribution >= 0.6 is 0 Å². The molecule has 0 saturated heterocycles. The van der Waals surface area contributed by atoms with Gasteiger partial charge in [0.25, 0.3) is 5.91 Å². The van der Waals surface area contributed by atoms with E-state index in [0.29, 0.717) is 23.7 Å². The molecule has 27 heavy (non-hydrogen) atoms. The summed E-state index contributed by atoms with van der Waals surface area (Å²) in [5.41, 5.74) is 0.791. The minimum Gasteiger partial charge on any atom is -0.484 e. The maximum atomic E-state index is 13.0. The maximum absolute atomic E-state index is 13.0. The lowest BCUT2D eigenvalue weighted by molar-refractivity contribution is -0.123. The summed E-state index contributed by atoms with van der Waals surface area (Å²) in [7, 11) is -3.35. The second-order valence-electron chi connectivity index (χ2n) is 5.59. The standard InChI is InChI=1S/C17H19F2N3O4S/c1-27(24,25)22-12-2-5-14(6-3-12)26-11-17(23)21-9-8-20-13-4-7-15(18)16(19)10-13/h2-7,10,20,22H,8-9,11H2,1H3,(H,21,23). The third kappa shape index (κ3) is 7.48. The van der Waals surface area contributed by atoms with E-state index < -0.39 is 21.7 Å². The minimum atomic E-state index is -3.35. The summed E-state index contributed by atoms with van der Waals surface area (Å²) in [5, 5.41) is 5.45. The van der Waals surface area contributed by atoms with E-state index in [4.69, 9.17) is 4.74 Å². The molecule has 0 aliphatic rings. The van der Waals surface area contributed by atoms with Crippen molar-refractivity contribution >= 4 is 27.3 Å². The van der Waals surface area contributed by atoms with Crippen LogP contribution in [-0.4, -0.2) is 40.3 Å². The van der Waals surface area contributed by atoms with Crippen LogP contribution in [0.25, 0.3) is 0 Å². The van der Waals surface area contributed by atoms with Gasteiger partial charge in [-0.3, -0.25) is 9.52 Å². The molecule has 0 aliphatic carbocycles. The van der Waals surface area contributed by atoms with E-state index in [2.05, 4.69) is 15.4 Å². The molecule has 0 heterocycles. The Labute approximate surface area is 155 Å². The number of carbonyl (C=O) groups excluding carboxylic acids is 1. The Balaban J connectivity index is 1.67. The molecule has 0 radical (unpaired) electrons. The SMILES string of the molecule is CS(=O)(=O)Nc1ccc(OCC(=O)NCCNc2ccc(F)c(F)c2)cc1. The average molecular weight is 399 g/mol. The molecule has 1 amide bonds. The molecule has 0 aromatic heterocycles. The predicted octanol–water partition coefficient (Wildman–Crippen LogP) is 1.94. The Morgan fingerprint density at radius 3 is 2.30 bits per heavy atom. The van der Waals surface area contributed by atoms with Crippen LogP contribution in [0.5, 0.6) is 5.75 Å². The number of halogens is 2. The monoisotopic (exact) mass is 399 g/mol. The fraction of sp³-hybridized carbons (Fsp3) is 0.235. The molecular weight excluding hydrogens is 380 g/mol. The summed E-state index contributed by atoms with van der Waals surface area (Å²) in [6.07, 6.45) is 1.04. The molecule has 0 atom stereocenters. The summed E-state index contributed by atoms with van der Waals surface area (Å²) in [4.78, 5) is 11.7. The summed E-state index contributed by atoms with van der Waals surface area (Å²) in [5.74, 6) is -1.83. The van der Waals surface area contributed by atoms with E-state index in [1.165, 1.54) is 30.3 Å². The van der Waals surface area contributed by atoms with Gasteiger partial charge >= 0.3 is 0 Å². The number of ether oxygens (including phenoxy) is 1. The number of sulfonamides is 1. The molecule has 0 saturated carbocycles.